The summed E-state index contributed by atoms with van der Waals surface area (Å²) in [6.07, 6.45) is 1.03. The predicted octanol–water partition coefficient (Wildman–Crippen LogP) is 1.44. The first-order valence-corrected chi connectivity index (χ1v) is 10.5. The van der Waals surface area contributed by atoms with E-state index in [0.29, 0.717) is 38.3 Å². The molecule has 0 aliphatic carbocycles. The maximum Gasteiger partial charge on any atom is 0.327 e. The van der Waals surface area contributed by atoms with Gasteiger partial charge in [0.05, 0.1) is 11.5 Å². The SMILES string of the molecule is CCOc1ccc(S(=O)(=O)N2CCC(N3CC(=O)N(C)C3=O)CC2)cc1C. The van der Waals surface area contributed by atoms with E-state index < -0.39 is 10.0 Å². The molecule has 2 heterocycles. The van der Waals surface area contributed by atoms with E-state index in [1.807, 2.05) is 13.8 Å². The molecule has 0 atom stereocenters. The number of imide groups is 1. The second-order valence-electron chi connectivity index (χ2n) is 6.86. The van der Waals surface area contributed by atoms with Crippen molar-refractivity contribution in [1.29, 1.82) is 0 Å². The monoisotopic (exact) mass is 395 g/mol. The topological polar surface area (TPSA) is 87.2 Å². The van der Waals surface area contributed by atoms with Gasteiger partial charge in [-0.1, -0.05) is 0 Å². The highest BCUT2D eigenvalue weighted by molar-refractivity contribution is 7.89. The number of hydrogen-bond acceptors (Lipinski definition) is 5. The van der Waals surface area contributed by atoms with E-state index >= 15 is 0 Å². The minimum atomic E-state index is -3.60. The Hall–Kier alpha value is -2.13. The number of carbonyl (C=O) groups excluding carboxylic acids is 2. The van der Waals surface area contributed by atoms with Crippen LogP contribution in [0.2, 0.25) is 0 Å². The van der Waals surface area contributed by atoms with Crippen LogP contribution in [0.1, 0.15) is 25.3 Å². The summed E-state index contributed by atoms with van der Waals surface area (Å²) in [5.74, 6) is 0.455. The smallest absolute Gasteiger partial charge is 0.327 e. The molecule has 9 heteroatoms. The lowest BCUT2D eigenvalue weighted by molar-refractivity contribution is -0.124. The van der Waals surface area contributed by atoms with Gasteiger partial charge in [0.2, 0.25) is 15.9 Å². The molecule has 0 radical (unpaired) electrons. The van der Waals surface area contributed by atoms with Crippen molar-refractivity contribution in [2.75, 3.05) is 33.3 Å². The van der Waals surface area contributed by atoms with E-state index in [9.17, 15) is 18.0 Å². The largest absolute Gasteiger partial charge is 0.494 e. The Balaban J connectivity index is 1.69. The maximum atomic E-state index is 12.9. The van der Waals surface area contributed by atoms with Crippen LogP contribution < -0.4 is 4.74 Å². The van der Waals surface area contributed by atoms with Gasteiger partial charge in [0.15, 0.2) is 0 Å². The van der Waals surface area contributed by atoms with E-state index in [1.54, 1.807) is 23.1 Å². The molecule has 0 N–H and O–H groups in total. The fourth-order valence-electron chi connectivity index (χ4n) is 3.55. The van der Waals surface area contributed by atoms with E-state index in [-0.39, 0.29) is 29.4 Å². The van der Waals surface area contributed by atoms with E-state index in [0.717, 1.165) is 10.5 Å². The number of piperidine rings is 1. The van der Waals surface area contributed by atoms with E-state index in [4.69, 9.17) is 4.74 Å². The fraction of sp³-hybridized carbons (Fsp3) is 0.556. The molecule has 3 amide bonds. The lowest BCUT2D eigenvalue weighted by atomic mass is 10.1. The zero-order chi connectivity index (χ0) is 19.8. The number of amides is 3. The van der Waals surface area contributed by atoms with E-state index in [2.05, 4.69) is 0 Å². The summed E-state index contributed by atoms with van der Waals surface area (Å²) in [6.45, 7) is 4.94. The molecular weight excluding hydrogens is 370 g/mol. The van der Waals surface area contributed by atoms with Crippen molar-refractivity contribution >= 4 is 22.0 Å². The summed E-state index contributed by atoms with van der Waals surface area (Å²) in [5, 5.41) is 0. The minimum absolute atomic E-state index is 0.0742. The summed E-state index contributed by atoms with van der Waals surface area (Å²) in [6, 6.07) is 4.47. The molecule has 1 aromatic rings. The lowest BCUT2D eigenvalue weighted by Gasteiger charge is -2.35. The molecule has 1 aromatic carbocycles. The molecule has 148 valence electrons. The fourth-order valence-corrected chi connectivity index (χ4v) is 5.10. The summed E-state index contributed by atoms with van der Waals surface area (Å²) in [4.78, 5) is 26.7. The second kappa shape index (κ2) is 7.47. The van der Waals surface area contributed by atoms with Crippen LogP contribution in [0.25, 0.3) is 0 Å². The van der Waals surface area contributed by atoms with Crippen molar-refractivity contribution in [3.63, 3.8) is 0 Å². The number of sulfonamides is 1. The number of nitrogens with zero attached hydrogens (tertiary/aromatic N) is 3. The van der Waals surface area contributed by atoms with Gasteiger partial charge in [-0.25, -0.2) is 13.2 Å². The van der Waals surface area contributed by atoms with Crippen molar-refractivity contribution in [3.05, 3.63) is 23.8 Å². The quantitative estimate of drug-likeness (QED) is 0.704. The molecule has 3 rings (SSSR count). The summed E-state index contributed by atoms with van der Waals surface area (Å²) >= 11 is 0. The van der Waals surface area contributed by atoms with Crippen LogP contribution in [0, 0.1) is 6.92 Å². The van der Waals surface area contributed by atoms with Crippen LogP contribution >= 0.6 is 0 Å². The molecule has 0 spiro atoms. The highest BCUT2D eigenvalue weighted by Gasteiger charge is 2.40. The number of urea groups is 1. The number of aryl methyl sites for hydroxylation is 1. The Morgan fingerprint density at radius 2 is 1.85 bits per heavy atom. The Kier molecular flexibility index (Phi) is 5.43. The number of likely N-dealkylation sites (N-methyl/N-ethyl adjacent to an activating group) is 1. The van der Waals surface area contributed by atoms with Crippen LogP contribution in [0.4, 0.5) is 4.79 Å². The van der Waals surface area contributed by atoms with E-state index in [1.165, 1.54) is 11.4 Å². The molecule has 27 heavy (non-hydrogen) atoms. The summed E-state index contributed by atoms with van der Waals surface area (Å²) in [7, 11) is -2.13. The zero-order valence-electron chi connectivity index (χ0n) is 15.8. The molecule has 0 saturated carbocycles. The first-order valence-electron chi connectivity index (χ1n) is 9.06. The average Bonchev–Trinajstić information content (AvgIpc) is 2.91. The van der Waals surface area contributed by atoms with Crippen molar-refractivity contribution < 1.29 is 22.7 Å². The van der Waals surface area contributed by atoms with Crippen LogP contribution in [0.15, 0.2) is 23.1 Å². The molecule has 2 fully saturated rings. The van der Waals surface area contributed by atoms with Crippen molar-refractivity contribution in [2.45, 2.75) is 37.6 Å². The normalized spacial score (nSPS) is 19.8. The van der Waals surface area contributed by atoms with Crippen LogP contribution in [0.3, 0.4) is 0 Å². The van der Waals surface area contributed by atoms with Gasteiger partial charge < -0.3 is 9.64 Å². The van der Waals surface area contributed by atoms with Gasteiger partial charge in [0.25, 0.3) is 0 Å². The number of carbonyl (C=O) groups is 2. The molecule has 0 unspecified atom stereocenters. The molecule has 2 aliphatic heterocycles. The van der Waals surface area contributed by atoms with Gasteiger partial charge in [-0.05, 0) is 50.5 Å². The zero-order valence-corrected chi connectivity index (χ0v) is 16.7. The van der Waals surface area contributed by atoms with Crippen LogP contribution in [-0.4, -0.2) is 73.8 Å². The van der Waals surface area contributed by atoms with Crippen molar-refractivity contribution in [1.82, 2.24) is 14.1 Å². The first-order chi connectivity index (χ1) is 12.8. The van der Waals surface area contributed by atoms with Gasteiger partial charge in [-0.3, -0.25) is 9.69 Å². The van der Waals surface area contributed by atoms with Gasteiger partial charge >= 0.3 is 6.03 Å². The second-order valence-corrected chi connectivity index (χ2v) is 8.80. The van der Waals surface area contributed by atoms with Crippen LogP contribution in [0.5, 0.6) is 5.75 Å². The van der Waals surface area contributed by atoms with Gasteiger partial charge in [0.1, 0.15) is 12.3 Å². The maximum absolute atomic E-state index is 12.9. The average molecular weight is 395 g/mol. The van der Waals surface area contributed by atoms with Crippen molar-refractivity contribution in [2.24, 2.45) is 0 Å². The first kappa shape index (κ1) is 19.6. The molecule has 0 bridgehead atoms. The molecule has 8 nitrogen and oxygen atoms in total. The lowest BCUT2D eigenvalue weighted by Crippen LogP contribution is -2.47. The van der Waals surface area contributed by atoms with Crippen molar-refractivity contribution in [3.8, 4) is 5.75 Å². The predicted molar refractivity (Wildman–Crippen MR) is 99.0 cm³/mol. The van der Waals surface area contributed by atoms with Gasteiger partial charge in [-0.15, -0.1) is 0 Å². The highest BCUT2D eigenvalue weighted by Crippen LogP contribution is 2.28. The summed E-state index contributed by atoms with van der Waals surface area (Å²) < 4.78 is 32.8. The molecule has 0 aromatic heterocycles. The molecule has 2 saturated heterocycles. The van der Waals surface area contributed by atoms with Gasteiger partial charge in [0, 0.05) is 26.2 Å². The highest BCUT2D eigenvalue weighted by atomic mass is 32.2. The third-order valence-electron chi connectivity index (χ3n) is 5.16. The Labute approximate surface area is 159 Å². The number of benzene rings is 1. The Bertz CT molecular complexity index is 847. The molecule has 2 aliphatic rings. The van der Waals surface area contributed by atoms with Crippen LogP contribution in [-0.2, 0) is 14.8 Å². The number of hydrogen-bond donors (Lipinski definition) is 0. The number of ether oxygens (including phenoxy) is 1. The number of rotatable bonds is 5. The summed E-state index contributed by atoms with van der Waals surface area (Å²) in [5.41, 5.74) is 0.775. The standard InChI is InChI=1S/C18H25N3O5S/c1-4-26-16-6-5-15(11-13(16)2)27(24,25)20-9-7-14(8-10-20)21-12-17(22)19(3)18(21)23/h5-6,11,14H,4,7-10,12H2,1-3H3. The third kappa shape index (κ3) is 3.66. The Morgan fingerprint density at radius 3 is 2.37 bits per heavy atom. The van der Waals surface area contributed by atoms with Gasteiger partial charge in [-0.2, -0.15) is 4.31 Å². The third-order valence-corrected chi connectivity index (χ3v) is 7.06. The minimum Gasteiger partial charge on any atom is -0.494 e. The Morgan fingerprint density at radius 1 is 1.19 bits per heavy atom. The molecular formula is C18H25N3O5S.